The molecule has 5 N–H and O–H groups in total. The summed E-state index contributed by atoms with van der Waals surface area (Å²) in [5.41, 5.74) is 10.4. The molecule has 1 rings (SSSR count). The summed E-state index contributed by atoms with van der Waals surface area (Å²) in [7, 11) is 0. The molecule has 12 heavy (non-hydrogen) atoms. The summed E-state index contributed by atoms with van der Waals surface area (Å²) < 4.78 is 4.67. The molecular formula is C7H15N3O2. The summed E-state index contributed by atoms with van der Waals surface area (Å²) in [6, 6.07) is 0. The van der Waals surface area contributed by atoms with E-state index in [1.165, 1.54) is 0 Å². The molecule has 0 aromatic heterocycles. The first-order valence-corrected chi connectivity index (χ1v) is 4.04. The molecule has 0 bridgehead atoms. The highest BCUT2D eigenvalue weighted by atomic mass is 16.5. The Morgan fingerprint density at radius 2 is 2.08 bits per heavy atom. The average Bonchev–Trinajstić information content (AvgIpc) is 2.03. The van der Waals surface area contributed by atoms with Gasteiger partial charge < -0.3 is 21.5 Å². The Kier molecular flexibility index (Phi) is 2.88. The highest BCUT2D eigenvalue weighted by molar-refractivity contribution is 5.64. The minimum absolute atomic E-state index is 0.226. The monoisotopic (exact) mass is 173 g/mol. The maximum Gasteiger partial charge on any atom is 0.404 e. The molecule has 0 aromatic carbocycles. The van der Waals surface area contributed by atoms with E-state index in [9.17, 15) is 4.79 Å². The smallest absolute Gasteiger partial charge is 0.404 e. The molecule has 0 atom stereocenters. The van der Waals surface area contributed by atoms with Crippen molar-refractivity contribution in [3.05, 3.63) is 0 Å². The van der Waals surface area contributed by atoms with Crippen molar-refractivity contribution in [3.8, 4) is 0 Å². The van der Waals surface area contributed by atoms with Crippen LogP contribution in [0, 0.1) is 0 Å². The molecule has 0 aromatic rings. The number of nitrogens with two attached hydrogens (primary N) is 2. The van der Waals surface area contributed by atoms with E-state index in [0.29, 0.717) is 0 Å². The molecule has 1 fully saturated rings. The fourth-order valence-corrected chi connectivity index (χ4v) is 1.28. The summed E-state index contributed by atoms with van der Waals surface area (Å²) in [4.78, 5) is 10.3. The molecule has 0 aliphatic carbocycles. The van der Waals surface area contributed by atoms with Gasteiger partial charge in [-0.2, -0.15) is 0 Å². The summed E-state index contributed by atoms with van der Waals surface area (Å²) in [6.07, 6.45) is 0.888. The van der Waals surface area contributed by atoms with Crippen LogP contribution in [0.5, 0.6) is 0 Å². The Hall–Kier alpha value is -0.810. The molecule has 0 spiro atoms. The Morgan fingerprint density at radius 1 is 1.50 bits per heavy atom. The molecule has 1 saturated heterocycles. The van der Waals surface area contributed by atoms with Crippen LogP contribution in [0.15, 0.2) is 0 Å². The number of rotatable bonds is 2. The number of primary amides is 1. The zero-order chi connectivity index (χ0) is 9.03. The lowest BCUT2D eigenvalue weighted by Crippen LogP contribution is -2.52. The quantitative estimate of drug-likeness (QED) is 0.508. The summed E-state index contributed by atoms with van der Waals surface area (Å²) in [5.74, 6) is 0. The molecule has 0 saturated carbocycles. The molecule has 0 unspecified atom stereocenters. The molecule has 1 aliphatic rings. The zero-order valence-corrected chi connectivity index (χ0v) is 7.01. The second-order valence-corrected chi connectivity index (χ2v) is 3.22. The standard InChI is InChI=1S/C7H15N3O2/c8-6(11)12-5-7(9)1-3-10-4-2-7/h10H,1-5,9H2,(H2,8,11). The number of carbonyl (C=O) groups excluding carboxylic acids is 1. The number of ether oxygens (including phenoxy) is 1. The van der Waals surface area contributed by atoms with E-state index in [-0.39, 0.29) is 12.1 Å². The lowest BCUT2D eigenvalue weighted by molar-refractivity contribution is 0.112. The van der Waals surface area contributed by atoms with Crippen molar-refractivity contribution in [1.82, 2.24) is 5.32 Å². The fraction of sp³-hybridized carbons (Fsp3) is 0.857. The zero-order valence-electron chi connectivity index (χ0n) is 7.01. The van der Waals surface area contributed by atoms with Crippen LogP contribution in [0.3, 0.4) is 0 Å². The molecule has 1 aliphatic heterocycles. The molecule has 70 valence electrons. The van der Waals surface area contributed by atoms with Crippen molar-refractivity contribution in [2.45, 2.75) is 18.4 Å². The summed E-state index contributed by atoms with van der Waals surface area (Å²) in [5, 5.41) is 3.18. The number of carbonyl (C=O) groups is 1. The van der Waals surface area contributed by atoms with E-state index in [0.717, 1.165) is 25.9 Å². The van der Waals surface area contributed by atoms with Gasteiger partial charge >= 0.3 is 6.09 Å². The van der Waals surface area contributed by atoms with E-state index in [1.807, 2.05) is 0 Å². The van der Waals surface area contributed by atoms with Crippen molar-refractivity contribution in [1.29, 1.82) is 0 Å². The van der Waals surface area contributed by atoms with Gasteiger partial charge in [-0.25, -0.2) is 4.79 Å². The molecule has 1 heterocycles. The summed E-state index contributed by atoms with van der Waals surface area (Å²) in [6.45, 7) is 1.97. The predicted octanol–water partition coefficient (Wildman–Crippen LogP) is -0.837. The van der Waals surface area contributed by atoms with Crippen molar-refractivity contribution < 1.29 is 9.53 Å². The largest absolute Gasteiger partial charge is 0.448 e. The fourth-order valence-electron chi connectivity index (χ4n) is 1.28. The maximum absolute atomic E-state index is 10.3. The van der Waals surface area contributed by atoms with Crippen LogP contribution >= 0.6 is 0 Å². The second kappa shape index (κ2) is 3.73. The van der Waals surface area contributed by atoms with Gasteiger partial charge in [-0.05, 0) is 25.9 Å². The Bertz CT molecular complexity index is 166. The number of amides is 1. The van der Waals surface area contributed by atoms with Crippen molar-refractivity contribution in [2.24, 2.45) is 11.5 Å². The third-order valence-electron chi connectivity index (χ3n) is 2.10. The van der Waals surface area contributed by atoms with Gasteiger partial charge in [-0.1, -0.05) is 0 Å². The molecule has 0 radical (unpaired) electrons. The Balaban J connectivity index is 2.31. The van der Waals surface area contributed by atoms with Crippen molar-refractivity contribution in [2.75, 3.05) is 19.7 Å². The van der Waals surface area contributed by atoms with Gasteiger partial charge in [0.15, 0.2) is 0 Å². The number of hydrogen-bond donors (Lipinski definition) is 3. The van der Waals surface area contributed by atoms with Crippen LogP contribution in [-0.2, 0) is 4.74 Å². The van der Waals surface area contributed by atoms with E-state index in [4.69, 9.17) is 11.5 Å². The van der Waals surface area contributed by atoms with Crippen LogP contribution in [-0.4, -0.2) is 31.3 Å². The molecular weight excluding hydrogens is 158 g/mol. The maximum atomic E-state index is 10.3. The first-order valence-electron chi connectivity index (χ1n) is 4.04. The summed E-state index contributed by atoms with van der Waals surface area (Å²) >= 11 is 0. The number of nitrogens with one attached hydrogen (secondary N) is 1. The lowest BCUT2D eigenvalue weighted by Gasteiger charge is -2.32. The Morgan fingerprint density at radius 3 is 2.58 bits per heavy atom. The van der Waals surface area contributed by atoms with Gasteiger partial charge in [0.2, 0.25) is 0 Å². The molecule has 1 amide bonds. The predicted molar refractivity (Wildman–Crippen MR) is 44.6 cm³/mol. The second-order valence-electron chi connectivity index (χ2n) is 3.22. The minimum Gasteiger partial charge on any atom is -0.448 e. The van der Waals surface area contributed by atoms with Crippen molar-refractivity contribution in [3.63, 3.8) is 0 Å². The Labute approximate surface area is 71.4 Å². The number of piperidine rings is 1. The lowest BCUT2D eigenvalue weighted by atomic mass is 9.91. The normalized spacial score (nSPS) is 21.8. The average molecular weight is 173 g/mol. The van der Waals surface area contributed by atoms with Crippen LogP contribution in [0.25, 0.3) is 0 Å². The first kappa shape index (κ1) is 9.28. The van der Waals surface area contributed by atoms with Gasteiger partial charge in [0, 0.05) is 0 Å². The van der Waals surface area contributed by atoms with Gasteiger partial charge in [-0.3, -0.25) is 0 Å². The third-order valence-corrected chi connectivity index (χ3v) is 2.10. The third kappa shape index (κ3) is 2.67. The van der Waals surface area contributed by atoms with E-state index >= 15 is 0 Å². The van der Waals surface area contributed by atoms with Gasteiger partial charge in [-0.15, -0.1) is 0 Å². The minimum atomic E-state index is -0.752. The van der Waals surface area contributed by atoms with E-state index in [2.05, 4.69) is 10.1 Å². The van der Waals surface area contributed by atoms with Crippen LogP contribution in [0.4, 0.5) is 4.79 Å². The van der Waals surface area contributed by atoms with Crippen LogP contribution in [0.2, 0.25) is 0 Å². The van der Waals surface area contributed by atoms with Gasteiger partial charge in [0.1, 0.15) is 6.61 Å². The topological polar surface area (TPSA) is 90.4 Å². The molecule has 5 nitrogen and oxygen atoms in total. The van der Waals surface area contributed by atoms with Crippen LogP contribution in [0.1, 0.15) is 12.8 Å². The highest BCUT2D eigenvalue weighted by Gasteiger charge is 2.28. The highest BCUT2D eigenvalue weighted by Crippen LogP contribution is 2.14. The van der Waals surface area contributed by atoms with Gasteiger partial charge in [0.25, 0.3) is 0 Å². The first-order chi connectivity index (χ1) is 5.62. The SMILES string of the molecule is NC(=O)OCC1(N)CCNCC1. The van der Waals surface area contributed by atoms with Gasteiger partial charge in [0.05, 0.1) is 5.54 Å². The molecule has 5 heteroatoms. The van der Waals surface area contributed by atoms with Crippen molar-refractivity contribution >= 4 is 6.09 Å². The number of hydrogen-bond acceptors (Lipinski definition) is 4. The van der Waals surface area contributed by atoms with E-state index in [1.54, 1.807) is 0 Å². The van der Waals surface area contributed by atoms with Crippen LogP contribution < -0.4 is 16.8 Å². The van der Waals surface area contributed by atoms with E-state index < -0.39 is 6.09 Å².